The molecule has 6 rings (SSSR count). The molecule has 4 aromatic carbocycles. The third-order valence-corrected chi connectivity index (χ3v) is 7.50. The van der Waals surface area contributed by atoms with Gasteiger partial charge in [0.25, 0.3) is 5.91 Å². The van der Waals surface area contributed by atoms with Gasteiger partial charge in [-0.05, 0) is 72.1 Å². The number of fused-ring (bicyclic) bond motifs is 2. The zero-order valence-corrected chi connectivity index (χ0v) is 23.3. The molecule has 7 nitrogen and oxygen atoms in total. The molecule has 2 N–H and O–H groups in total. The minimum Gasteiger partial charge on any atom is -0.478 e. The average molecular weight is 595 g/mol. The van der Waals surface area contributed by atoms with Crippen molar-refractivity contribution in [3.05, 3.63) is 131 Å². The van der Waals surface area contributed by atoms with Crippen molar-refractivity contribution in [2.75, 3.05) is 0 Å². The fraction of sp³-hybridized carbons (Fsp3) is 0.118. The number of pyridine rings is 1. The number of halogens is 3. The normalized spacial score (nSPS) is 12.4. The molecule has 0 aliphatic heterocycles. The Morgan fingerprint density at radius 2 is 1.61 bits per heavy atom. The highest BCUT2D eigenvalue weighted by atomic mass is 19.4. The van der Waals surface area contributed by atoms with Crippen LogP contribution in [0.1, 0.15) is 50.5 Å². The van der Waals surface area contributed by atoms with E-state index in [1.165, 1.54) is 24.3 Å². The lowest BCUT2D eigenvalue weighted by atomic mass is 9.98. The van der Waals surface area contributed by atoms with Crippen molar-refractivity contribution in [1.82, 2.24) is 20.1 Å². The topological polar surface area (TPSA) is 97.1 Å². The molecule has 0 bridgehead atoms. The maximum absolute atomic E-state index is 13.9. The molecule has 0 radical (unpaired) electrons. The summed E-state index contributed by atoms with van der Waals surface area (Å²) in [6.45, 7) is 2.06. The molecule has 1 atom stereocenters. The summed E-state index contributed by atoms with van der Waals surface area (Å²) in [7, 11) is 0. The Kier molecular flexibility index (Phi) is 7.34. The van der Waals surface area contributed by atoms with Gasteiger partial charge in [-0.25, -0.2) is 4.79 Å². The molecule has 1 amide bonds. The first-order valence-corrected chi connectivity index (χ1v) is 13.7. The van der Waals surface area contributed by atoms with Crippen LogP contribution in [0.4, 0.5) is 13.2 Å². The first-order valence-electron chi connectivity index (χ1n) is 13.7. The van der Waals surface area contributed by atoms with Crippen LogP contribution in [0.5, 0.6) is 0 Å². The number of nitrogens with one attached hydrogen (secondary N) is 1. The third kappa shape index (κ3) is 5.74. The molecule has 6 aromatic rings. The first kappa shape index (κ1) is 28.6. The summed E-state index contributed by atoms with van der Waals surface area (Å²) in [6, 6.07) is 25.5. The number of alkyl halides is 3. The van der Waals surface area contributed by atoms with Gasteiger partial charge in [0.05, 0.1) is 52.2 Å². The van der Waals surface area contributed by atoms with E-state index < -0.39 is 29.7 Å². The van der Waals surface area contributed by atoms with Crippen LogP contribution in [0, 0.1) is 0 Å². The van der Waals surface area contributed by atoms with E-state index in [-0.39, 0.29) is 17.7 Å². The second kappa shape index (κ2) is 11.3. The zero-order chi connectivity index (χ0) is 31.0. The molecule has 0 aliphatic rings. The van der Waals surface area contributed by atoms with Crippen molar-refractivity contribution in [1.29, 1.82) is 0 Å². The minimum absolute atomic E-state index is 0.129. The summed E-state index contributed by atoms with van der Waals surface area (Å²) < 4.78 is 41.3. The van der Waals surface area contributed by atoms with E-state index in [1.807, 2.05) is 36.4 Å². The number of nitrogens with zero attached hydrogens (tertiary/aromatic N) is 3. The summed E-state index contributed by atoms with van der Waals surface area (Å²) in [4.78, 5) is 29.8. The van der Waals surface area contributed by atoms with Gasteiger partial charge in [0, 0.05) is 10.8 Å². The summed E-state index contributed by atoms with van der Waals surface area (Å²) in [5, 5.41) is 18.4. The summed E-state index contributed by atoms with van der Waals surface area (Å²) >= 11 is 0. The number of aromatic nitrogens is 3. The summed E-state index contributed by atoms with van der Waals surface area (Å²) in [5.74, 6) is -1.48. The van der Waals surface area contributed by atoms with E-state index in [0.717, 1.165) is 28.7 Å². The molecule has 0 fully saturated rings. The Hall–Kier alpha value is -5.51. The van der Waals surface area contributed by atoms with Crippen molar-refractivity contribution in [2.24, 2.45) is 0 Å². The number of carboxylic acids is 1. The molecule has 0 unspecified atom stereocenters. The second-order valence-electron chi connectivity index (χ2n) is 10.5. The summed E-state index contributed by atoms with van der Waals surface area (Å²) in [6.07, 6.45) is -2.85. The van der Waals surface area contributed by atoms with Gasteiger partial charge in [-0.3, -0.25) is 14.5 Å². The SMILES string of the molecule is C[C@H](NC(=O)c1cc(-c2ccc(C(F)(F)F)cc2)cc2cnn(Cc3ccc4ccccc4n3)c12)c1ccc(C(=O)O)cc1. The number of para-hydroxylation sites is 1. The Labute approximate surface area is 249 Å². The first-order chi connectivity index (χ1) is 21.1. The molecule has 0 saturated carbocycles. The quantitative estimate of drug-likeness (QED) is 0.199. The highest BCUT2D eigenvalue weighted by Gasteiger charge is 2.30. The van der Waals surface area contributed by atoms with Gasteiger partial charge in [-0.2, -0.15) is 18.3 Å². The van der Waals surface area contributed by atoms with Crippen LogP contribution in [-0.2, 0) is 12.7 Å². The number of hydrogen-bond donors (Lipinski definition) is 2. The van der Waals surface area contributed by atoms with Gasteiger partial charge in [-0.1, -0.05) is 48.5 Å². The lowest BCUT2D eigenvalue weighted by Crippen LogP contribution is -2.27. The van der Waals surface area contributed by atoms with Crippen LogP contribution in [0.25, 0.3) is 32.9 Å². The number of carbonyl (C=O) groups excluding carboxylic acids is 1. The van der Waals surface area contributed by atoms with E-state index in [9.17, 15) is 27.9 Å². The standard InChI is InChI=1S/C34H25F3N4O3/c1-20(21-6-8-24(9-7-21)33(43)44)39-32(42)29-17-25(22-10-13-27(14-11-22)34(35,36)37)16-26-18-38-41(31(26)29)19-28-15-12-23-4-2-3-5-30(23)40-28/h2-18,20H,19H2,1H3,(H,39,42)(H,43,44)/t20-/m0/s1. The number of aromatic carboxylic acids is 1. The third-order valence-electron chi connectivity index (χ3n) is 7.50. The van der Waals surface area contributed by atoms with Crippen molar-refractivity contribution >= 4 is 33.7 Å². The molecule has 44 heavy (non-hydrogen) atoms. The number of rotatable bonds is 7. The maximum Gasteiger partial charge on any atom is 0.416 e. The maximum atomic E-state index is 13.9. The predicted octanol–water partition coefficient (Wildman–Crippen LogP) is 7.51. The van der Waals surface area contributed by atoms with Gasteiger partial charge in [0.15, 0.2) is 0 Å². The van der Waals surface area contributed by atoms with Gasteiger partial charge >= 0.3 is 12.1 Å². The highest BCUT2D eigenvalue weighted by Crippen LogP contribution is 2.33. The molecule has 0 aliphatic carbocycles. The molecular formula is C34H25F3N4O3. The fourth-order valence-corrected chi connectivity index (χ4v) is 5.17. The number of carbonyl (C=O) groups is 2. The van der Waals surface area contributed by atoms with Crippen molar-refractivity contribution < 1.29 is 27.9 Å². The molecule has 220 valence electrons. The zero-order valence-electron chi connectivity index (χ0n) is 23.3. The van der Waals surface area contributed by atoms with Crippen molar-refractivity contribution in [2.45, 2.75) is 25.7 Å². The van der Waals surface area contributed by atoms with Crippen LogP contribution in [0.2, 0.25) is 0 Å². The monoisotopic (exact) mass is 594 g/mol. The van der Waals surface area contributed by atoms with Crippen LogP contribution < -0.4 is 5.32 Å². The van der Waals surface area contributed by atoms with E-state index in [0.29, 0.717) is 27.6 Å². The van der Waals surface area contributed by atoms with Crippen LogP contribution >= 0.6 is 0 Å². The van der Waals surface area contributed by atoms with E-state index in [4.69, 9.17) is 4.98 Å². The average Bonchev–Trinajstić information content (AvgIpc) is 3.42. The van der Waals surface area contributed by atoms with Crippen molar-refractivity contribution in [3.63, 3.8) is 0 Å². The molecule has 2 heterocycles. The molecular weight excluding hydrogens is 569 g/mol. The largest absolute Gasteiger partial charge is 0.478 e. The van der Waals surface area contributed by atoms with E-state index in [1.54, 1.807) is 42.1 Å². The molecule has 2 aromatic heterocycles. The molecule has 10 heteroatoms. The Morgan fingerprint density at radius 1 is 0.886 bits per heavy atom. The Bertz CT molecular complexity index is 2020. The van der Waals surface area contributed by atoms with Gasteiger partial charge in [0.2, 0.25) is 0 Å². The lowest BCUT2D eigenvalue weighted by Gasteiger charge is -2.17. The highest BCUT2D eigenvalue weighted by molar-refractivity contribution is 6.07. The number of carboxylic acid groups (broad SMARTS) is 1. The predicted molar refractivity (Wildman–Crippen MR) is 160 cm³/mol. The van der Waals surface area contributed by atoms with Crippen LogP contribution in [0.15, 0.2) is 103 Å². The van der Waals surface area contributed by atoms with Crippen molar-refractivity contribution in [3.8, 4) is 11.1 Å². The number of amides is 1. The van der Waals surface area contributed by atoms with Gasteiger partial charge in [0.1, 0.15) is 0 Å². The minimum atomic E-state index is -4.47. The van der Waals surface area contributed by atoms with E-state index >= 15 is 0 Å². The molecule has 0 saturated heterocycles. The lowest BCUT2D eigenvalue weighted by molar-refractivity contribution is -0.137. The smallest absolute Gasteiger partial charge is 0.416 e. The number of hydrogen-bond acceptors (Lipinski definition) is 4. The van der Waals surface area contributed by atoms with Crippen LogP contribution in [-0.4, -0.2) is 31.7 Å². The fourth-order valence-electron chi connectivity index (χ4n) is 5.17. The molecule has 0 spiro atoms. The number of benzene rings is 4. The van der Waals surface area contributed by atoms with E-state index in [2.05, 4.69) is 10.4 Å². The summed E-state index contributed by atoms with van der Waals surface area (Å²) in [5.41, 5.74) is 3.51. The Morgan fingerprint density at radius 3 is 2.32 bits per heavy atom. The Balaban J connectivity index is 1.40. The van der Waals surface area contributed by atoms with Gasteiger partial charge < -0.3 is 10.4 Å². The van der Waals surface area contributed by atoms with Gasteiger partial charge in [-0.15, -0.1) is 0 Å². The second-order valence-corrected chi connectivity index (χ2v) is 10.5. The van der Waals surface area contributed by atoms with Crippen LogP contribution in [0.3, 0.4) is 0 Å².